The maximum Gasteiger partial charge on any atom is 0.417 e. The molecule has 0 heterocycles. The Morgan fingerprint density at radius 2 is 1.39 bits per heavy atom. The summed E-state index contributed by atoms with van der Waals surface area (Å²) in [6.07, 6.45) is -10.4. The molecule has 0 fully saturated rings. The molecule has 2 nitrogen and oxygen atoms in total. The topological polar surface area (TPSA) is 43.1 Å². The second kappa shape index (κ2) is 5.05. The van der Waals surface area contributed by atoms with Crippen LogP contribution in [0.25, 0.3) is 0 Å². The van der Waals surface area contributed by atoms with E-state index in [4.69, 9.17) is 5.73 Å². The molecule has 0 saturated heterocycles. The predicted molar refractivity (Wildman–Crippen MR) is 52.2 cm³/mol. The highest BCUT2D eigenvalue weighted by molar-refractivity contribution is 5.93. The number of carbonyl (C=O) groups is 1. The highest BCUT2D eigenvalue weighted by Crippen LogP contribution is 2.40. The Kier molecular flexibility index (Phi) is 4.65. The van der Waals surface area contributed by atoms with Gasteiger partial charge in [-0.25, -0.2) is 0 Å². The standard InChI is InChI=1S/C9H5F6NO.ClH/c10-8(11,12)5-2-1-4(7(16)17)3-6(5)9(13,14)15;/h1-3H,(H2,16,17);1H. The van der Waals surface area contributed by atoms with Crippen LogP contribution in [0.4, 0.5) is 26.3 Å². The van der Waals surface area contributed by atoms with Crippen LogP contribution in [0.2, 0.25) is 0 Å². The predicted octanol–water partition coefficient (Wildman–Crippen LogP) is 3.24. The fourth-order valence-corrected chi connectivity index (χ4v) is 1.18. The number of hydrogen-bond acceptors (Lipinski definition) is 1. The van der Waals surface area contributed by atoms with Crippen molar-refractivity contribution < 1.29 is 31.1 Å². The van der Waals surface area contributed by atoms with Crippen molar-refractivity contribution in [2.75, 3.05) is 0 Å². The summed E-state index contributed by atoms with van der Waals surface area (Å²) >= 11 is 0. The summed E-state index contributed by atoms with van der Waals surface area (Å²) in [7, 11) is 0. The molecule has 18 heavy (non-hydrogen) atoms. The molecule has 0 aliphatic heterocycles. The molecule has 1 aromatic rings. The molecular formula is C9H6ClF6NO. The number of benzene rings is 1. The van der Waals surface area contributed by atoms with Gasteiger partial charge in [0.05, 0.1) is 11.1 Å². The smallest absolute Gasteiger partial charge is 0.366 e. The fraction of sp³-hybridized carbons (Fsp3) is 0.222. The number of alkyl halides is 6. The maximum atomic E-state index is 12.4. The van der Waals surface area contributed by atoms with E-state index in [1.54, 1.807) is 0 Å². The number of halogens is 7. The van der Waals surface area contributed by atoms with Crippen LogP contribution in [-0.4, -0.2) is 5.91 Å². The normalized spacial score (nSPS) is 11.9. The molecule has 0 bridgehead atoms. The van der Waals surface area contributed by atoms with Crippen molar-refractivity contribution in [3.05, 3.63) is 34.9 Å². The quantitative estimate of drug-likeness (QED) is 0.794. The molecule has 1 aromatic carbocycles. The van der Waals surface area contributed by atoms with Gasteiger partial charge in [-0.3, -0.25) is 4.79 Å². The molecule has 0 aliphatic carbocycles. The van der Waals surface area contributed by atoms with Gasteiger partial charge in [0, 0.05) is 5.56 Å². The number of nitrogens with two attached hydrogens (primary N) is 1. The summed E-state index contributed by atoms with van der Waals surface area (Å²) in [5, 5.41) is 0. The minimum atomic E-state index is -5.21. The van der Waals surface area contributed by atoms with Crippen molar-refractivity contribution in [1.29, 1.82) is 0 Å². The van der Waals surface area contributed by atoms with Crippen LogP contribution in [-0.2, 0) is 12.4 Å². The van der Waals surface area contributed by atoms with Gasteiger partial charge in [0.25, 0.3) is 0 Å². The van der Waals surface area contributed by atoms with Crippen LogP contribution in [0.3, 0.4) is 0 Å². The first-order chi connectivity index (χ1) is 7.53. The molecule has 0 unspecified atom stereocenters. The second-order valence-electron chi connectivity index (χ2n) is 3.12. The molecule has 0 aromatic heterocycles. The van der Waals surface area contributed by atoms with Crippen molar-refractivity contribution in [3.8, 4) is 0 Å². The minimum Gasteiger partial charge on any atom is -0.366 e. The number of carbonyl (C=O) groups excluding carboxylic acids is 1. The van der Waals surface area contributed by atoms with Gasteiger partial charge in [-0.05, 0) is 18.2 Å². The van der Waals surface area contributed by atoms with E-state index in [-0.39, 0.29) is 24.5 Å². The van der Waals surface area contributed by atoms with E-state index in [0.29, 0.717) is 6.07 Å². The highest BCUT2D eigenvalue weighted by atomic mass is 35.5. The van der Waals surface area contributed by atoms with Crippen LogP contribution in [0.15, 0.2) is 18.2 Å². The van der Waals surface area contributed by atoms with Crippen molar-refractivity contribution in [2.24, 2.45) is 5.73 Å². The lowest BCUT2D eigenvalue weighted by Crippen LogP contribution is -2.19. The van der Waals surface area contributed by atoms with Crippen molar-refractivity contribution in [2.45, 2.75) is 12.4 Å². The lowest BCUT2D eigenvalue weighted by atomic mass is 10.0. The van der Waals surface area contributed by atoms with Crippen LogP contribution < -0.4 is 5.73 Å². The largest absolute Gasteiger partial charge is 0.417 e. The summed E-state index contributed by atoms with van der Waals surface area (Å²) in [5.41, 5.74) is 0.282. The Morgan fingerprint density at radius 3 is 1.72 bits per heavy atom. The molecule has 0 aliphatic rings. The average molecular weight is 294 g/mol. The molecular weight excluding hydrogens is 288 g/mol. The minimum absolute atomic E-state index is 0. The summed E-state index contributed by atoms with van der Waals surface area (Å²) in [4.78, 5) is 10.6. The van der Waals surface area contributed by atoms with Crippen LogP contribution >= 0.6 is 12.4 Å². The number of rotatable bonds is 1. The molecule has 2 N–H and O–H groups in total. The third-order valence-electron chi connectivity index (χ3n) is 1.91. The van der Waals surface area contributed by atoms with Crippen LogP contribution in [0.1, 0.15) is 21.5 Å². The third kappa shape index (κ3) is 3.52. The van der Waals surface area contributed by atoms with Gasteiger partial charge in [0.15, 0.2) is 0 Å². The number of hydrogen-bond donors (Lipinski definition) is 1. The Hall–Kier alpha value is -1.44. The molecule has 0 spiro atoms. The van der Waals surface area contributed by atoms with E-state index in [2.05, 4.69) is 0 Å². The lowest BCUT2D eigenvalue weighted by Gasteiger charge is -2.15. The lowest BCUT2D eigenvalue weighted by molar-refractivity contribution is -0.162. The van der Waals surface area contributed by atoms with E-state index < -0.39 is 35.0 Å². The molecule has 102 valence electrons. The summed E-state index contributed by atoms with van der Waals surface area (Å²) in [6.45, 7) is 0. The summed E-state index contributed by atoms with van der Waals surface area (Å²) < 4.78 is 74.0. The molecule has 9 heteroatoms. The van der Waals surface area contributed by atoms with Crippen LogP contribution in [0.5, 0.6) is 0 Å². The van der Waals surface area contributed by atoms with Crippen molar-refractivity contribution >= 4 is 18.3 Å². The summed E-state index contributed by atoms with van der Waals surface area (Å²) in [6, 6.07) is 0.870. The zero-order valence-electron chi connectivity index (χ0n) is 8.39. The van der Waals surface area contributed by atoms with Gasteiger partial charge in [-0.2, -0.15) is 26.3 Å². The Balaban J connectivity index is 0.00000289. The maximum absolute atomic E-state index is 12.4. The van der Waals surface area contributed by atoms with Gasteiger partial charge >= 0.3 is 12.4 Å². The SMILES string of the molecule is Cl.NC(=O)c1ccc(C(F)(F)F)c(C(F)(F)F)c1. The first-order valence-electron chi connectivity index (χ1n) is 4.11. The van der Waals surface area contributed by atoms with E-state index in [0.717, 1.165) is 0 Å². The van der Waals surface area contributed by atoms with E-state index >= 15 is 0 Å². The highest BCUT2D eigenvalue weighted by Gasteiger charge is 2.43. The van der Waals surface area contributed by atoms with E-state index in [1.807, 2.05) is 0 Å². The van der Waals surface area contributed by atoms with Crippen molar-refractivity contribution in [1.82, 2.24) is 0 Å². The zero-order chi connectivity index (χ0) is 13.4. The Morgan fingerprint density at radius 1 is 0.944 bits per heavy atom. The molecule has 1 amide bonds. The molecule has 0 saturated carbocycles. The van der Waals surface area contributed by atoms with Crippen LogP contribution in [0, 0.1) is 0 Å². The average Bonchev–Trinajstić information content (AvgIpc) is 2.14. The Bertz CT molecular complexity index is 453. The zero-order valence-corrected chi connectivity index (χ0v) is 9.21. The van der Waals surface area contributed by atoms with Gasteiger partial charge in [0.2, 0.25) is 5.91 Å². The Labute approximate surface area is 103 Å². The number of primary amides is 1. The fourth-order valence-electron chi connectivity index (χ4n) is 1.18. The van der Waals surface area contributed by atoms with Gasteiger partial charge in [-0.15, -0.1) is 12.4 Å². The third-order valence-corrected chi connectivity index (χ3v) is 1.91. The summed E-state index contributed by atoms with van der Waals surface area (Å²) in [5.74, 6) is -1.23. The van der Waals surface area contributed by atoms with Gasteiger partial charge in [0.1, 0.15) is 0 Å². The van der Waals surface area contributed by atoms with Crippen molar-refractivity contribution in [3.63, 3.8) is 0 Å². The van der Waals surface area contributed by atoms with Gasteiger partial charge in [-0.1, -0.05) is 0 Å². The molecule has 1 rings (SSSR count). The van der Waals surface area contributed by atoms with E-state index in [1.165, 1.54) is 0 Å². The first kappa shape index (κ1) is 16.6. The monoisotopic (exact) mass is 293 g/mol. The second-order valence-corrected chi connectivity index (χ2v) is 3.12. The number of amides is 1. The first-order valence-corrected chi connectivity index (χ1v) is 4.11. The van der Waals surface area contributed by atoms with Gasteiger partial charge < -0.3 is 5.73 Å². The van der Waals surface area contributed by atoms with E-state index in [9.17, 15) is 31.1 Å². The molecule has 0 radical (unpaired) electrons. The molecule has 0 atom stereocenters.